The minimum Gasteiger partial charge on any atom is -0.375 e. The fraction of sp³-hybridized carbons (Fsp3) is 0.100. The monoisotopic (exact) mass is 268 g/mol. The van der Waals surface area contributed by atoms with Crippen molar-refractivity contribution >= 4 is 32.4 Å². The number of aromatic nitrogens is 1. The number of halogens is 1. The highest BCUT2D eigenvalue weighted by atomic mass is 79.9. The zero-order valence-corrected chi connectivity index (χ0v) is 10.0. The van der Waals surface area contributed by atoms with Gasteiger partial charge in [0.1, 0.15) is 0 Å². The Morgan fingerprint density at radius 3 is 2.79 bits per heavy atom. The first-order valence-corrected chi connectivity index (χ1v) is 5.81. The lowest BCUT2D eigenvalue weighted by molar-refractivity contribution is 1.36. The second-order valence-electron chi connectivity index (χ2n) is 3.03. The molecule has 72 valence electrons. The molecule has 1 aromatic heterocycles. The van der Waals surface area contributed by atoms with Gasteiger partial charge in [-0.1, -0.05) is 22.0 Å². The smallest absolute Gasteiger partial charge is 0.180 e. The Labute approximate surface area is 94.9 Å². The number of nitrogens with zero attached hydrogens (tertiary/aromatic N) is 1. The molecule has 14 heavy (non-hydrogen) atoms. The van der Waals surface area contributed by atoms with Crippen molar-refractivity contribution in [2.24, 2.45) is 0 Å². The zero-order chi connectivity index (χ0) is 10.1. The van der Waals surface area contributed by atoms with Crippen LogP contribution < -0.4 is 5.73 Å². The summed E-state index contributed by atoms with van der Waals surface area (Å²) in [6.07, 6.45) is 0. The molecule has 2 aromatic rings. The van der Waals surface area contributed by atoms with Gasteiger partial charge in [-0.05, 0) is 24.6 Å². The first-order chi connectivity index (χ1) is 6.66. The molecule has 0 aliphatic rings. The first-order valence-electron chi connectivity index (χ1n) is 4.14. The van der Waals surface area contributed by atoms with Crippen molar-refractivity contribution in [3.05, 3.63) is 33.6 Å². The third-order valence-electron chi connectivity index (χ3n) is 1.99. The van der Waals surface area contributed by atoms with Crippen molar-refractivity contribution < 1.29 is 0 Å². The van der Waals surface area contributed by atoms with Gasteiger partial charge in [-0.25, -0.2) is 4.98 Å². The topological polar surface area (TPSA) is 38.9 Å². The average Bonchev–Trinajstić information content (AvgIpc) is 2.51. The SMILES string of the molecule is Cc1cc(Br)ccc1-c1csc(N)n1. The molecule has 0 saturated carbocycles. The summed E-state index contributed by atoms with van der Waals surface area (Å²) in [5, 5.41) is 2.59. The first kappa shape index (κ1) is 9.68. The molecular weight excluding hydrogens is 260 g/mol. The van der Waals surface area contributed by atoms with Crippen molar-refractivity contribution in [1.82, 2.24) is 4.98 Å². The van der Waals surface area contributed by atoms with Gasteiger partial charge in [0.15, 0.2) is 5.13 Å². The van der Waals surface area contributed by atoms with Gasteiger partial charge in [0.05, 0.1) is 5.69 Å². The Bertz CT molecular complexity index is 465. The van der Waals surface area contributed by atoms with Crippen LogP contribution in [0, 0.1) is 6.92 Å². The zero-order valence-electron chi connectivity index (χ0n) is 7.62. The van der Waals surface area contributed by atoms with E-state index in [2.05, 4.69) is 33.9 Å². The number of nitrogens with two attached hydrogens (primary N) is 1. The van der Waals surface area contributed by atoms with E-state index in [1.807, 2.05) is 17.5 Å². The number of hydrogen-bond donors (Lipinski definition) is 1. The van der Waals surface area contributed by atoms with Crippen LogP contribution in [0.5, 0.6) is 0 Å². The highest BCUT2D eigenvalue weighted by Crippen LogP contribution is 2.27. The minimum atomic E-state index is 0.613. The predicted octanol–water partition coefficient (Wildman–Crippen LogP) is 3.46. The number of benzene rings is 1. The van der Waals surface area contributed by atoms with Crippen molar-refractivity contribution in [3.8, 4) is 11.3 Å². The van der Waals surface area contributed by atoms with Crippen LogP contribution in [0.4, 0.5) is 5.13 Å². The van der Waals surface area contributed by atoms with Crippen molar-refractivity contribution in [1.29, 1.82) is 0 Å². The number of nitrogen functional groups attached to an aromatic ring is 1. The summed E-state index contributed by atoms with van der Waals surface area (Å²) in [7, 11) is 0. The molecular formula is C10H9BrN2S. The quantitative estimate of drug-likeness (QED) is 0.861. The second kappa shape index (κ2) is 3.71. The summed E-state index contributed by atoms with van der Waals surface area (Å²) < 4.78 is 1.09. The molecule has 0 amide bonds. The molecule has 2 nitrogen and oxygen atoms in total. The van der Waals surface area contributed by atoms with Crippen LogP contribution in [0.2, 0.25) is 0 Å². The highest BCUT2D eigenvalue weighted by molar-refractivity contribution is 9.10. The van der Waals surface area contributed by atoms with Gasteiger partial charge in [-0.3, -0.25) is 0 Å². The van der Waals surface area contributed by atoms with E-state index >= 15 is 0 Å². The van der Waals surface area contributed by atoms with Crippen LogP contribution >= 0.6 is 27.3 Å². The van der Waals surface area contributed by atoms with E-state index in [0.29, 0.717) is 5.13 Å². The fourth-order valence-electron chi connectivity index (χ4n) is 1.33. The molecule has 4 heteroatoms. The summed E-state index contributed by atoms with van der Waals surface area (Å²) in [5.74, 6) is 0. The molecule has 0 saturated heterocycles. The van der Waals surface area contributed by atoms with Crippen LogP contribution in [0.15, 0.2) is 28.1 Å². The number of hydrogen-bond acceptors (Lipinski definition) is 3. The summed E-state index contributed by atoms with van der Waals surface area (Å²) in [6.45, 7) is 2.07. The third kappa shape index (κ3) is 1.81. The van der Waals surface area contributed by atoms with E-state index < -0.39 is 0 Å². The lowest BCUT2D eigenvalue weighted by atomic mass is 10.1. The van der Waals surface area contributed by atoms with Crippen LogP contribution in [-0.4, -0.2) is 4.98 Å². The van der Waals surface area contributed by atoms with Crippen molar-refractivity contribution in [2.45, 2.75) is 6.92 Å². The van der Waals surface area contributed by atoms with E-state index in [0.717, 1.165) is 15.7 Å². The molecule has 0 aliphatic carbocycles. The van der Waals surface area contributed by atoms with Crippen molar-refractivity contribution in [2.75, 3.05) is 5.73 Å². The normalized spacial score (nSPS) is 10.4. The van der Waals surface area contributed by atoms with E-state index in [4.69, 9.17) is 5.73 Å². The third-order valence-corrected chi connectivity index (χ3v) is 3.15. The maximum absolute atomic E-state index is 5.59. The van der Waals surface area contributed by atoms with Crippen LogP contribution in [-0.2, 0) is 0 Å². The lowest BCUT2D eigenvalue weighted by Gasteiger charge is -2.02. The summed E-state index contributed by atoms with van der Waals surface area (Å²) >= 11 is 4.90. The minimum absolute atomic E-state index is 0.613. The largest absolute Gasteiger partial charge is 0.375 e. The average molecular weight is 269 g/mol. The molecule has 2 rings (SSSR count). The van der Waals surface area contributed by atoms with Gasteiger partial charge in [0, 0.05) is 15.4 Å². The molecule has 0 aliphatic heterocycles. The molecule has 2 N–H and O–H groups in total. The highest BCUT2D eigenvalue weighted by Gasteiger charge is 2.05. The maximum atomic E-state index is 5.59. The molecule has 0 bridgehead atoms. The van der Waals surface area contributed by atoms with Gasteiger partial charge in [-0.2, -0.15) is 0 Å². The summed E-state index contributed by atoms with van der Waals surface area (Å²) in [4.78, 5) is 4.25. The van der Waals surface area contributed by atoms with E-state index in [-0.39, 0.29) is 0 Å². The van der Waals surface area contributed by atoms with E-state index in [1.54, 1.807) is 0 Å². The molecule has 1 heterocycles. The van der Waals surface area contributed by atoms with E-state index in [9.17, 15) is 0 Å². The fourth-order valence-corrected chi connectivity index (χ4v) is 2.36. The van der Waals surface area contributed by atoms with Crippen LogP contribution in [0.3, 0.4) is 0 Å². The lowest BCUT2D eigenvalue weighted by Crippen LogP contribution is -1.85. The predicted molar refractivity (Wildman–Crippen MR) is 64.4 cm³/mol. The van der Waals surface area contributed by atoms with Gasteiger partial charge in [0.2, 0.25) is 0 Å². The van der Waals surface area contributed by atoms with Crippen LogP contribution in [0.25, 0.3) is 11.3 Å². The number of anilines is 1. The Kier molecular flexibility index (Phi) is 2.56. The molecule has 0 radical (unpaired) electrons. The Hall–Kier alpha value is -0.870. The Morgan fingerprint density at radius 2 is 2.21 bits per heavy atom. The van der Waals surface area contributed by atoms with Crippen LogP contribution in [0.1, 0.15) is 5.56 Å². The molecule has 1 aromatic carbocycles. The molecule has 0 fully saturated rings. The summed E-state index contributed by atoms with van der Waals surface area (Å²) in [5.41, 5.74) is 8.89. The molecule has 0 spiro atoms. The molecule has 0 unspecified atom stereocenters. The van der Waals surface area contributed by atoms with Gasteiger partial charge >= 0.3 is 0 Å². The van der Waals surface area contributed by atoms with Gasteiger partial charge in [0.25, 0.3) is 0 Å². The summed E-state index contributed by atoms with van der Waals surface area (Å²) in [6, 6.07) is 6.14. The van der Waals surface area contributed by atoms with Gasteiger partial charge < -0.3 is 5.73 Å². The van der Waals surface area contributed by atoms with Gasteiger partial charge in [-0.15, -0.1) is 11.3 Å². The maximum Gasteiger partial charge on any atom is 0.180 e. The number of thiazole rings is 1. The molecule has 0 atom stereocenters. The standard InChI is InChI=1S/C10H9BrN2S/c1-6-4-7(11)2-3-8(6)9-5-14-10(12)13-9/h2-5H,1H3,(H2,12,13). The second-order valence-corrected chi connectivity index (χ2v) is 4.84. The number of rotatable bonds is 1. The Balaban J connectivity index is 2.52. The number of aryl methyl sites for hydroxylation is 1. The van der Waals surface area contributed by atoms with E-state index in [1.165, 1.54) is 16.9 Å². The Morgan fingerprint density at radius 1 is 1.43 bits per heavy atom. The van der Waals surface area contributed by atoms with Crippen molar-refractivity contribution in [3.63, 3.8) is 0 Å².